The molecule has 0 saturated heterocycles. The third-order valence-corrected chi connectivity index (χ3v) is 4.66. The number of thioether (sulfide) groups is 1. The van der Waals surface area contributed by atoms with Gasteiger partial charge in [-0.15, -0.1) is 10.2 Å². The molecule has 1 heterocycles. The number of ether oxygens (including phenoxy) is 1. The molecule has 0 aliphatic heterocycles. The van der Waals surface area contributed by atoms with Crippen LogP contribution in [0.25, 0.3) is 0 Å². The third-order valence-electron chi connectivity index (χ3n) is 3.43. The van der Waals surface area contributed by atoms with Crippen molar-refractivity contribution in [3.05, 3.63) is 40.7 Å². The van der Waals surface area contributed by atoms with E-state index in [1.165, 1.54) is 11.8 Å². The maximum Gasteiger partial charge on any atom is 0.408 e. The summed E-state index contributed by atoms with van der Waals surface area (Å²) in [4.78, 5) is 12.1. The maximum atomic E-state index is 12.1. The van der Waals surface area contributed by atoms with E-state index < -0.39 is 17.7 Å². The number of halogens is 1. The fourth-order valence-corrected chi connectivity index (χ4v) is 3.37. The Morgan fingerprint density at radius 1 is 1.30 bits per heavy atom. The molecule has 1 aromatic carbocycles. The van der Waals surface area contributed by atoms with E-state index in [1.807, 2.05) is 45.0 Å². The van der Waals surface area contributed by atoms with Crippen LogP contribution in [0.15, 0.2) is 33.9 Å². The van der Waals surface area contributed by atoms with Crippen molar-refractivity contribution in [3.8, 4) is 0 Å². The van der Waals surface area contributed by atoms with Gasteiger partial charge >= 0.3 is 6.09 Å². The van der Waals surface area contributed by atoms with Crippen molar-refractivity contribution in [3.63, 3.8) is 0 Å². The summed E-state index contributed by atoms with van der Waals surface area (Å²) in [6, 6.07) is 7.23. The van der Waals surface area contributed by atoms with Gasteiger partial charge in [0.2, 0.25) is 5.89 Å². The predicted octanol–water partition coefficient (Wildman–Crippen LogP) is 5.63. The number of amides is 1. The lowest BCUT2D eigenvalue weighted by atomic mass is 10.0. The molecule has 0 aliphatic rings. The summed E-state index contributed by atoms with van der Waals surface area (Å²) in [5.74, 6) is 1.32. The molecular formula is C19H26ClN3O3S. The van der Waals surface area contributed by atoms with Crippen molar-refractivity contribution in [2.45, 2.75) is 63.7 Å². The topological polar surface area (TPSA) is 77.2 Å². The van der Waals surface area contributed by atoms with E-state index >= 15 is 0 Å². The first kappa shape index (κ1) is 21.6. The number of benzene rings is 1. The molecule has 0 unspecified atom stereocenters. The van der Waals surface area contributed by atoms with Crippen molar-refractivity contribution in [2.75, 3.05) is 0 Å². The van der Waals surface area contributed by atoms with Gasteiger partial charge in [0, 0.05) is 10.8 Å². The smallest absolute Gasteiger partial charge is 0.408 e. The van der Waals surface area contributed by atoms with Crippen LogP contribution in [-0.2, 0) is 10.5 Å². The van der Waals surface area contributed by atoms with Gasteiger partial charge in [0.25, 0.3) is 5.22 Å². The minimum Gasteiger partial charge on any atom is -0.444 e. The van der Waals surface area contributed by atoms with Gasteiger partial charge in [-0.3, -0.25) is 0 Å². The first-order chi connectivity index (χ1) is 12.6. The molecule has 1 aromatic heterocycles. The second-order valence-corrected chi connectivity index (χ2v) is 8.95. The number of aromatic nitrogens is 2. The lowest BCUT2D eigenvalue weighted by Crippen LogP contribution is -2.35. The first-order valence-electron chi connectivity index (χ1n) is 8.83. The number of rotatable bonds is 7. The summed E-state index contributed by atoms with van der Waals surface area (Å²) in [6.07, 6.45) is 0.160. The molecule has 148 valence electrons. The van der Waals surface area contributed by atoms with E-state index in [2.05, 4.69) is 29.4 Å². The number of alkyl carbamates (subject to hydrolysis) is 1. The largest absolute Gasteiger partial charge is 0.444 e. The van der Waals surface area contributed by atoms with Crippen LogP contribution >= 0.6 is 23.4 Å². The minimum atomic E-state index is -0.572. The highest BCUT2D eigenvalue weighted by Crippen LogP contribution is 2.28. The molecule has 8 heteroatoms. The Hall–Kier alpha value is -1.73. The number of nitrogens with one attached hydrogen (secondary N) is 1. The zero-order valence-corrected chi connectivity index (χ0v) is 17.9. The molecule has 2 rings (SSSR count). The van der Waals surface area contributed by atoms with Crippen molar-refractivity contribution in [1.29, 1.82) is 0 Å². The zero-order chi connectivity index (χ0) is 20.0. The Morgan fingerprint density at radius 3 is 2.63 bits per heavy atom. The Kier molecular flexibility index (Phi) is 7.56. The zero-order valence-electron chi connectivity index (χ0n) is 16.3. The molecule has 0 fully saturated rings. The van der Waals surface area contributed by atoms with Crippen molar-refractivity contribution < 1.29 is 13.9 Å². The lowest BCUT2D eigenvalue weighted by molar-refractivity contribution is 0.0487. The van der Waals surface area contributed by atoms with E-state index in [0.717, 1.165) is 5.56 Å². The van der Waals surface area contributed by atoms with Gasteiger partial charge in [-0.1, -0.05) is 55.4 Å². The fraction of sp³-hybridized carbons (Fsp3) is 0.526. The number of nitrogens with zero attached hydrogens (tertiary/aromatic N) is 2. The molecule has 1 atom stereocenters. The van der Waals surface area contributed by atoms with Gasteiger partial charge in [0.15, 0.2) is 0 Å². The summed E-state index contributed by atoms with van der Waals surface area (Å²) in [6.45, 7) is 9.58. The van der Waals surface area contributed by atoms with Crippen molar-refractivity contribution >= 4 is 29.5 Å². The van der Waals surface area contributed by atoms with E-state index in [0.29, 0.717) is 34.2 Å². The van der Waals surface area contributed by atoms with Crippen LogP contribution < -0.4 is 5.32 Å². The molecule has 0 spiro atoms. The molecule has 0 radical (unpaired) electrons. The number of hydrogen-bond donors (Lipinski definition) is 1. The van der Waals surface area contributed by atoms with Crippen LogP contribution in [-0.4, -0.2) is 21.9 Å². The maximum absolute atomic E-state index is 12.1. The van der Waals surface area contributed by atoms with Crippen LogP contribution in [0.4, 0.5) is 4.79 Å². The monoisotopic (exact) mass is 411 g/mol. The molecule has 6 nitrogen and oxygen atoms in total. The average Bonchev–Trinajstić information content (AvgIpc) is 3.00. The van der Waals surface area contributed by atoms with E-state index in [4.69, 9.17) is 20.8 Å². The highest BCUT2D eigenvalue weighted by atomic mass is 35.5. The summed E-state index contributed by atoms with van der Waals surface area (Å²) in [7, 11) is 0. The Morgan fingerprint density at radius 2 is 2.00 bits per heavy atom. The first-order valence-corrected chi connectivity index (χ1v) is 10.2. The van der Waals surface area contributed by atoms with Crippen LogP contribution in [0.3, 0.4) is 0 Å². The molecule has 0 bridgehead atoms. The minimum absolute atomic E-state index is 0.330. The van der Waals surface area contributed by atoms with Crippen LogP contribution in [0.2, 0.25) is 5.02 Å². The SMILES string of the molecule is CC(C)C[C@H](NC(=O)OC(C)(C)C)c1nnc(SCc2ccccc2Cl)o1. The quantitative estimate of drug-likeness (QED) is 0.595. The summed E-state index contributed by atoms with van der Waals surface area (Å²) < 4.78 is 11.1. The number of carbonyl (C=O) groups is 1. The van der Waals surface area contributed by atoms with E-state index in [9.17, 15) is 4.79 Å². The van der Waals surface area contributed by atoms with Crippen LogP contribution in [0.1, 0.15) is 58.5 Å². The molecule has 1 N–H and O–H groups in total. The van der Waals surface area contributed by atoms with Gasteiger partial charge in [-0.25, -0.2) is 4.79 Å². The molecule has 0 aliphatic carbocycles. The number of hydrogen-bond acceptors (Lipinski definition) is 6. The van der Waals surface area contributed by atoms with Crippen LogP contribution in [0, 0.1) is 5.92 Å². The van der Waals surface area contributed by atoms with Crippen molar-refractivity contribution in [1.82, 2.24) is 15.5 Å². The molecule has 1 amide bonds. The Balaban J connectivity index is 2.04. The molecule has 27 heavy (non-hydrogen) atoms. The highest BCUT2D eigenvalue weighted by Gasteiger charge is 2.25. The predicted molar refractivity (Wildman–Crippen MR) is 107 cm³/mol. The van der Waals surface area contributed by atoms with Gasteiger partial charge in [0.05, 0.1) is 0 Å². The van der Waals surface area contributed by atoms with Gasteiger partial charge < -0.3 is 14.5 Å². The highest BCUT2D eigenvalue weighted by molar-refractivity contribution is 7.98. The summed E-state index contributed by atoms with van der Waals surface area (Å²) in [5.41, 5.74) is 0.423. The van der Waals surface area contributed by atoms with Crippen molar-refractivity contribution in [2.24, 2.45) is 5.92 Å². The van der Waals surface area contributed by atoms with Gasteiger partial charge in [-0.05, 0) is 44.7 Å². The summed E-state index contributed by atoms with van der Waals surface area (Å²) >= 11 is 7.58. The summed E-state index contributed by atoms with van der Waals surface area (Å²) in [5, 5.41) is 12.2. The van der Waals surface area contributed by atoms with Gasteiger partial charge in [-0.2, -0.15) is 0 Å². The standard InChI is InChI=1S/C19H26ClN3O3S/c1-12(2)10-15(21-17(24)26-19(3,4)5)16-22-23-18(25-16)27-11-13-8-6-7-9-14(13)20/h6-9,12,15H,10-11H2,1-5H3,(H,21,24)/t15-/m0/s1. The Labute approximate surface area is 169 Å². The molecular weight excluding hydrogens is 386 g/mol. The van der Waals surface area contributed by atoms with Gasteiger partial charge in [0.1, 0.15) is 11.6 Å². The number of carbonyl (C=O) groups excluding carboxylic acids is 1. The van der Waals surface area contributed by atoms with E-state index in [-0.39, 0.29) is 0 Å². The fourth-order valence-electron chi connectivity index (χ4n) is 2.32. The lowest BCUT2D eigenvalue weighted by Gasteiger charge is -2.22. The van der Waals surface area contributed by atoms with Crippen LogP contribution in [0.5, 0.6) is 0 Å². The third kappa shape index (κ3) is 7.42. The average molecular weight is 412 g/mol. The normalized spacial score (nSPS) is 12.9. The van der Waals surface area contributed by atoms with E-state index in [1.54, 1.807) is 0 Å². The second kappa shape index (κ2) is 9.46. The molecule has 0 saturated carbocycles. The Bertz CT molecular complexity index is 759. The molecule has 2 aromatic rings. The second-order valence-electron chi connectivity index (χ2n) is 7.61.